The molecule has 104 valence electrons. The number of amides is 1. The number of aliphatic carboxylic acids is 1. The van der Waals surface area contributed by atoms with E-state index in [1.165, 1.54) is 18.3 Å². The maximum Gasteiger partial charge on any atom is 0.305 e. The van der Waals surface area contributed by atoms with Crippen LogP contribution in [0, 0.1) is 5.41 Å². The van der Waals surface area contributed by atoms with Crippen molar-refractivity contribution in [1.82, 2.24) is 4.98 Å². The number of pyridine rings is 1. The molecule has 0 fully saturated rings. The van der Waals surface area contributed by atoms with E-state index in [9.17, 15) is 9.59 Å². The topological polar surface area (TPSA) is 105 Å². The van der Waals surface area contributed by atoms with Gasteiger partial charge < -0.3 is 16.2 Å². The van der Waals surface area contributed by atoms with Crippen LogP contribution in [0.4, 0.5) is 5.82 Å². The molecule has 6 nitrogen and oxygen atoms in total. The van der Waals surface area contributed by atoms with E-state index in [-0.39, 0.29) is 17.9 Å². The van der Waals surface area contributed by atoms with Gasteiger partial charge in [0, 0.05) is 17.8 Å². The van der Waals surface area contributed by atoms with Gasteiger partial charge in [0.1, 0.15) is 5.82 Å². The molecule has 1 unspecified atom stereocenters. The number of nitrogens with zero attached hydrogens (tertiary/aromatic N) is 1. The number of hydrogen-bond acceptors (Lipinski definition) is 4. The molecule has 1 amide bonds. The summed E-state index contributed by atoms with van der Waals surface area (Å²) in [6.45, 7) is 5.81. The number of carboxylic acid groups (broad SMARTS) is 1. The summed E-state index contributed by atoms with van der Waals surface area (Å²) in [6, 6.07) is 2.72. The van der Waals surface area contributed by atoms with Crippen LogP contribution in [0.3, 0.4) is 0 Å². The predicted molar refractivity (Wildman–Crippen MR) is 71.9 cm³/mol. The fourth-order valence-electron chi connectivity index (χ4n) is 1.59. The SMILES string of the molecule is CC(C)(C)C(CC(=O)O)Nc1cc(C(N)=O)ccn1. The first kappa shape index (κ1) is 14.9. The molecular weight excluding hydrogens is 246 g/mol. The molecule has 1 rings (SSSR count). The van der Waals surface area contributed by atoms with Crippen molar-refractivity contribution in [3.05, 3.63) is 23.9 Å². The van der Waals surface area contributed by atoms with Crippen LogP contribution in [-0.2, 0) is 4.79 Å². The van der Waals surface area contributed by atoms with E-state index < -0.39 is 11.9 Å². The first-order chi connectivity index (χ1) is 8.70. The van der Waals surface area contributed by atoms with Gasteiger partial charge in [0.25, 0.3) is 0 Å². The van der Waals surface area contributed by atoms with E-state index in [4.69, 9.17) is 10.8 Å². The van der Waals surface area contributed by atoms with Crippen molar-refractivity contribution in [2.45, 2.75) is 33.2 Å². The number of nitrogens with one attached hydrogen (secondary N) is 1. The normalized spacial score (nSPS) is 12.8. The average Bonchev–Trinajstić information content (AvgIpc) is 2.26. The molecule has 0 bridgehead atoms. The first-order valence-corrected chi connectivity index (χ1v) is 5.94. The number of carboxylic acids is 1. The van der Waals surface area contributed by atoms with Crippen LogP contribution in [0.1, 0.15) is 37.6 Å². The summed E-state index contributed by atoms with van der Waals surface area (Å²) in [5.41, 5.74) is 5.26. The van der Waals surface area contributed by atoms with E-state index in [1.54, 1.807) is 0 Å². The number of carbonyl (C=O) groups excluding carboxylic acids is 1. The summed E-state index contributed by atoms with van der Waals surface area (Å²) in [4.78, 5) is 26.0. The van der Waals surface area contributed by atoms with E-state index in [0.717, 1.165) is 0 Å². The van der Waals surface area contributed by atoms with Gasteiger partial charge in [-0.25, -0.2) is 4.98 Å². The second-order valence-electron chi connectivity index (χ2n) is 5.45. The summed E-state index contributed by atoms with van der Waals surface area (Å²) < 4.78 is 0. The zero-order valence-corrected chi connectivity index (χ0v) is 11.3. The van der Waals surface area contributed by atoms with Gasteiger partial charge in [-0.2, -0.15) is 0 Å². The number of rotatable bonds is 5. The lowest BCUT2D eigenvalue weighted by Gasteiger charge is -2.30. The standard InChI is InChI=1S/C13H19N3O3/c1-13(2,3)9(7-11(17)18)16-10-6-8(12(14)19)4-5-15-10/h4-6,9H,7H2,1-3H3,(H2,14,19)(H,15,16)(H,17,18). The Morgan fingerprint density at radius 3 is 2.58 bits per heavy atom. The highest BCUT2D eigenvalue weighted by Crippen LogP contribution is 2.25. The fourth-order valence-corrected chi connectivity index (χ4v) is 1.59. The molecule has 6 heteroatoms. The molecule has 1 aromatic heterocycles. The van der Waals surface area contributed by atoms with Gasteiger partial charge in [-0.1, -0.05) is 20.8 Å². The Labute approximate surface area is 112 Å². The number of nitrogens with two attached hydrogens (primary N) is 1. The van der Waals surface area contributed by atoms with Crippen LogP contribution in [0.2, 0.25) is 0 Å². The molecule has 0 saturated carbocycles. The van der Waals surface area contributed by atoms with E-state index >= 15 is 0 Å². The highest BCUT2D eigenvalue weighted by Gasteiger charge is 2.27. The highest BCUT2D eigenvalue weighted by atomic mass is 16.4. The predicted octanol–water partition coefficient (Wildman–Crippen LogP) is 1.48. The van der Waals surface area contributed by atoms with Gasteiger partial charge in [0.15, 0.2) is 0 Å². The lowest BCUT2D eigenvalue weighted by molar-refractivity contribution is -0.137. The zero-order valence-electron chi connectivity index (χ0n) is 11.3. The van der Waals surface area contributed by atoms with Crippen molar-refractivity contribution in [2.24, 2.45) is 11.1 Å². The van der Waals surface area contributed by atoms with Gasteiger partial charge in [-0.3, -0.25) is 9.59 Å². The number of anilines is 1. The van der Waals surface area contributed by atoms with Crippen molar-refractivity contribution < 1.29 is 14.7 Å². The van der Waals surface area contributed by atoms with E-state index in [1.807, 2.05) is 20.8 Å². The Hall–Kier alpha value is -2.11. The Morgan fingerprint density at radius 2 is 2.11 bits per heavy atom. The first-order valence-electron chi connectivity index (χ1n) is 5.94. The summed E-state index contributed by atoms with van der Waals surface area (Å²) in [5, 5.41) is 12.0. The molecule has 4 N–H and O–H groups in total. The Kier molecular flexibility index (Phi) is 4.47. The fraction of sp³-hybridized carbons (Fsp3) is 0.462. The molecule has 0 aliphatic rings. The van der Waals surface area contributed by atoms with Crippen molar-refractivity contribution in [3.63, 3.8) is 0 Å². The van der Waals surface area contributed by atoms with Crippen LogP contribution >= 0.6 is 0 Å². The van der Waals surface area contributed by atoms with Crippen LogP contribution in [0.15, 0.2) is 18.3 Å². The van der Waals surface area contributed by atoms with Crippen LogP contribution < -0.4 is 11.1 Å². The van der Waals surface area contributed by atoms with Crippen molar-refractivity contribution in [2.75, 3.05) is 5.32 Å². The molecule has 0 radical (unpaired) electrons. The lowest BCUT2D eigenvalue weighted by atomic mass is 9.85. The Bertz CT molecular complexity index is 480. The third kappa shape index (κ3) is 4.57. The van der Waals surface area contributed by atoms with Gasteiger partial charge in [-0.05, 0) is 17.5 Å². The van der Waals surface area contributed by atoms with Crippen LogP contribution in [0.5, 0.6) is 0 Å². The van der Waals surface area contributed by atoms with Gasteiger partial charge in [0.05, 0.1) is 6.42 Å². The largest absolute Gasteiger partial charge is 0.481 e. The minimum atomic E-state index is -0.890. The van der Waals surface area contributed by atoms with Gasteiger partial charge >= 0.3 is 5.97 Å². The third-order valence-electron chi connectivity index (χ3n) is 2.79. The smallest absolute Gasteiger partial charge is 0.305 e. The molecule has 1 aromatic rings. The van der Waals surface area contributed by atoms with Crippen molar-refractivity contribution >= 4 is 17.7 Å². The average molecular weight is 265 g/mol. The Morgan fingerprint density at radius 1 is 1.47 bits per heavy atom. The monoisotopic (exact) mass is 265 g/mol. The van der Waals surface area contributed by atoms with Crippen LogP contribution in [-0.4, -0.2) is 28.0 Å². The molecular formula is C13H19N3O3. The summed E-state index contributed by atoms with van der Waals surface area (Å²) in [7, 11) is 0. The molecule has 0 aliphatic heterocycles. The Balaban J connectivity index is 2.93. The second-order valence-corrected chi connectivity index (χ2v) is 5.45. The van der Waals surface area contributed by atoms with Crippen molar-refractivity contribution in [3.8, 4) is 0 Å². The van der Waals surface area contributed by atoms with Gasteiger partial charge in [0.2, 0.25) is 5.91 Å². The molecule has 19 heavy (non-hydrogen) atoms. The maximum absolute atomic E-state index is 11.1. The second kappa shape index (κ2) is 5.69. The molecule has 0 aliphatic carbocycles. The number of primary amides is 1. The minimum absolute atomic E-state index is 0.0357. The molecule has 0 saturated heterocycles. The van der Waals surface area contributed by atoms with E-state index in [2.05, 4.69) is 10.3 Å². The van der Waals surface area contributed by atoms with Gasteiger partial charge in [-0.15, -0.1) is 0 Å². The van der Waals surface area contributed by atoms with Crippen molar-refractivity contribution in [1.29, 1.82) is 0 Å². The molecule has 1 heterocycles. The number of carbonyl (C=O) groups is 2. The summed E-state index contributed by atoms with van der Waals surface area (Å²) in [6.07, 6.45) is 1.43. The number of aromatic nitrogens is 1. The highest BCUT2D eigenvalue weighted by molar-refractivity contribution is 5.93. The number of hydrogen-bond donors (Lipinski definition) is 3. The lowest BCUT2D eigenvalue weighted by Crippen LogP contribution is -2.36. The van der Waals surface area contributed by atoms with Crippen LogP contribution in [0.25, 0.3) is 0 Å². The zero-order chi connectivity index (χ0) is 14.6. The molecule has 0 aromatic carbocycles. The third-order valence-corrected chi connectivity index (χ3v) is 2.79. The quantitative estimate of drug-likeness (QED) is 0.747. The molecule has 1 atom stereocenters. The van der Waals surface area contributed by atoms with E-state index in [0.29, 0.717) is 11.4 Å². The summed E-state index contributed by atoms with van der Waals surface area (Å²) >= 11 is 0. The minimum Gasteiger partial charge on any atom is -0.481 e. The molecule has 0 spiro atoms. The maximum atomic E-state index is 11.1. The summed E-state index contributed by atoms with van der Waals surface area (Å²) in [5.74, 6) is -0.994.